The first-order chi connectivity index (χ1) is 12.6. The van der Waals surface area contributed by atoms with Crippen molar-refractivity contribution in [2.75, 3.05) is 32.7 Å². The molecule has 1 N–H and O–H groups in total. The number of nitrogens with zero attached hydrogens (tertiary/aromatic N) is 3. The lowest BCUT2D eigenvalue weighted by Gasteiger charge is -2.34. The zero-order valence-corrected chi connectivity index (χ0v) is 17.2. The molecule has 5 nitrogen and oxygen atoms in total. The summed E-state index contributed by atoms with van der Waals surface area (Å²) >= 11 is 4.98. The summed E-state index contributed by atoms with van der Waals surface area (Å²) in [6.45, 7) is 7.24. The van der Waals surface area contributed by atoms with Crippen molar-refractivity contribution in [1.82, 2.24) is 15.2 Å². The average molecular weight is 435 g/mol. The lowest BCUT2D eigenvalue weighted by Crippen LogP contribution is -2.48. The van der Waals surface area contributed by atoms with Crippen LogP contribution in [0, 0.1) is 6.92 Å². The molecule has 1 aliphatic heterocycles. The highest BCUT2D eigenvalue weighted by molar-refractivity contribution is 9.11. The highest BCUT2D eigenvalue weighted by atomic mass is 79.9. The number of benzene rings is 1. The van der Waals surface area contributed by atoms with Crippen molar-refractivity contribution in [2.45, 2.75) is 13.5 Å². The summed E-state index contributed by atoms with van der Waals surface area (Å²) in [5.41, 5.74) is 5.25. The summed E-state index contributed by atoms with van der Waals surface area (Å²) in [7, 11) is 0. The molecule has 0 bridgehead atoms. The van der Waals surface area contributed by atoms with E-state index in [1.165, 1.54) is 11.1 Å². The summed E-state index contributed by atoms with van der Waals surface area (Å²) < 4.78 is 1.05. The Morgan fingerprint density at radius 1 is 1.15 bits per heavy atom. The molecule has 0 atom stereocenters. The number of nitrogens with one attached hydrogen (secondary N) is 1. The Morgan fingerprint density at radius 2 is 1.85 bits per heavy atom. The molecule has 1 aliphatic rings. The third kappa shape index (κ3) is 6.02. The molecule has 26 heavy (non-hydrogen) atoms. The van der Waals surface area contributed by atoms with Gasteiger partial charge >= 0.3 is 0 Å². The van der Waals surface area contributed by atoms with Gasteiger partial charge in [0.1, 0.15) is 0 Å². The molecule has 0 aliphatic carbocycles. The number of rotatable bonds is 6. The van der Waals surface area contributed by atoms with E-state index in [1.807, 2.05) is 12.1 Å². The first-order valence-electron chi connectivity index (χ1n) is 8.66. The minimum atomic E-state index is -0.0659. The van der Waals surface area contributed by atoms with Crippen molar-refractivity contribution in [3.8, 4) is 0 Å². The van der Waals surface area contributed by atoms with Crippen LogP contribution in [0.5, 0.6) is 0 Å². The molecular formula is C19H23BrN4OS. The standard InChI is InChI=1S/C19H23BrN4OS/c1-15-2-4-16(5-3-15)13-23-8-10-24(11-9-23)14-19(25)22-21-12-17-6-7-18(20)26-17/h2-7,12H,8-11,13-14H2,1H3,(H,22,25)/b21-12-. The zero-order chi connectivity index (χ0) is 18.4. The second kappa shape index (κ2) is 9.41. The van der Waals surface area contributed by atoms with Crippen LogP contribution in [0.1, 0.15) is 16.0 Å². The molecule has 1 amide bonds. The minimum Gasteiger partial charge on any atom is -0.297 e. The molecular weight excluding hydrogens is 412 g/mol. The smallest absolute Gasteiger partial charge is 0.254 e. The number of hydrogen-bond acceptors (Lipinski definition) is 5. The van der Waals surface area contributed by atoms with Crippen LogP contribution in [0.15, 0.2) is 45.3 Å². The SMILES string of the molecule is Cc1ccc(CN2CCN(CC(=O)N/N=C\c3ccc(Br)s3)CC2)cc1. The molecule has 1 fully saturated rings. The van der Waals surface area contributed by atoms with Gasteiger partial charge in [-0.25, -0.2) is 5.43 Å². The lowest BCUT2D eigenvalue weighted by molar-refractivity contribution is -0.122. The van der Waals surface area contributed by atoms with Crippen LogP contribution < -0.4 is 5.43 Å². The second-order valence-electron chi connectivity index (χ2n) is 6.47. The predicted molar refractivity (Wildman–Crippen MR) is 111 cm³/mol. The topological polar surface area (TPSA) is 47.9 Å². The van der Waals surface area contributed by atoms with Gasteiger partial charge in [0.25, 0.3) is 5.91 Å². The summed E-state index contributed by atoms with van der Waals surface area (Å²) in [6.07, 6.45) is 1.67. The maximum Gasteiger partial charge on any atom is 0.254 e. The number of amides is 1. The van der Waals surface area contributed by atoms with E-state index in [4.69, 9.17) is 0 Å². The van der Waals surface area contributed by atoms with E-state index in [0.717, 1.165) is 41.4 Å². The second-order valence-corrected chi connectivity index (χ2v) is 8.97. The van der Waals surface area contributed by atoms with Crippen LogP contribution in [0.4, 0.5) is 0 Å². The van der Waals surface area contributed by atoms with Gasteiger partial charge < -0.3 is 0 Å². The fourth-order valence-electron chi connectivity index (χ4n) is 2.86. The van der Waals surface area contributed by atoms with Crippen molar-refractivity contribution in [3.05, 3.63) is 56.2 Å². The number of thiophene rings is 1. The van der Waals surface area contributed by atoms with Crippen LogP contribution >= 0.6 is 27.3 Å². The molecule has 0 saturated carbocycles. The number of hydrogen-bond donors (Lipinski definition) is 1. The van der Waals surface area contributed by atoms with Crippen molar-refractivity contribution in [3.63, 3.8) is 0 Å². The molecule has 0 spiro atoms. The molecule has 138 valence electrons. The molecule has 0 unspecified atom stereocenters. The van der Waals surface area contributed by atoms with Crippen molar-refractivity contribution >= 4 is 39.4 Å². The van der Waals surface area contributed by atoms with Gasteiger partial charge in [0.15, 0.2) is 0 Å². The van der Waals surface area contributed by atoms with Gasteiger partial charge in [0.2, 0.25) is 0 Å². The van der Waals surface area contributed by atoms with E-state index in [-0.39, 0.29) is 5.91 Å². The average Bonchev–Trinajstić information content (AvgIpc) is 3.04. The van der Waals surface area contributed by atoms with Crippen molar-refractivity contribution in [2.24, 2.45) is 5.10 Å². The third-order valence-corrected chi connectivity index (χ3v) is 5.89. The van der Waals surface area contributed by atoms with Gasteiger partial charge in [-0.3, -0.25) is 14.6 Å². The molecule has 0 radical (unpaired) electrons. The van der Waals surface area contributed by atoms with Crippen molar-refractivity contribution < 1.29 is 4.79 Å². The largest absolute Gasteiger partial charge is 0.297 e. The van der Waals surface area contributed by atoms with E-state index in [9.17, 15) is 4.79 Å². The van der Waals surface area contributed by atoms with Gasteiger partial charge in [-0.2, -0.15) is 5.10 Å². The summed E-state index contributed by atoms with van der Waals surface area (Å²) in [5, 5.41) is 4.03. The van der Waals surface area contributed by atoms with Crippen LogP contribution in [0.25, 0.3) is 0 Å². The normalized spacial score (nSPS) is 16.2. The maximum absolute atomic E-state index is 12.0. The number of carbonyl (C=O) groups is 1. The quantitative estimate of drug-likeness (QED) is 0.561. The molecule has 2 aromatic rings. The Morgan fingerprint density at radius 3 is 2.50 bits per heavy atom. The number of piperazine rings is 1. The van der Waals surface area contributed by atoms with E-state index >= 15 is 0 Å². The van der Waals surface area contributed by atoms with E-state index in [0.29, 0.717) is 6.54 Å². The van der Waals surface area contributed by atoms with Gasteiger partial charge in [0.05, 0.1) is 16.5 Å². The lowest BCUT2D eigenvalue weighted by atomic mass is 10.1. The summed E-state index contributed by atoms with van der Waals surface area (Å²) in [6, 6.07) is 12.6. The van der Waals surface area contributed by atoms with Gasteiger partial charge in [-0.1, -0.05) is 29.8 Å². The summed E-state index contributed by atoms with van der Waals surface area (Å²) in [4.78, 5) is 17.6. The Kier molecular flexibility index (Phi) is 6.96. The van der Waals surface area contributed by atoms with E-state index in [1.54, 1.807) is 17.6 Å². The van der Waals surface area contributed by atoms with Crippen molar-refractivity contribution in [1.29, 1.82) is 0 Å². The van der Waals surface area contributed by atoms with Crippen LogP contribution in [0.3, 0.4) is 0 Å². The fraction of sp³-hybridized carbons (Fsp3) is 0.368. The molecule has 1 aromatic heterocycles. The van der Waals surface area contributed by atoms with Crippen LogP contribution in [-0.2, 0) is 11.3 Å². The number of halogens is 1. The van der Waals surface area contributed by atoms with E-state index in [2.05, 4.69) is 67.4 Å². The Hall–Kier alpha value is -1.54. The summed E-state index contributed by atoms with van der Waals surface area (Å²) in [5.74, 6) is -0.0659. The first kappa shape index (κ1) is 19.2. The van der Waals surface area contributed by atoms with Gasteiger partial charge in [-0.05, 0) is 40.5 Å². The molecule has 7 heteroatoms. The molecule has 1 saturated heterocycles. The highest BCUT2D eigenvalue weighted by Gasteiger charge is 2.18. The fourth-order valence-corrected chi connectivity index (χ4v) is 4.16. The molecule has 1 aromatic carbocycles. The predicted octanol–water partition coefficient (Wildman–Crippen LogP) is 3.09. The van der Waals surface area contributed by atoms with Gasteiger partial charge in [0, 0.05) is 37.6 Å². The van der Waals surface area contributed by atoms with Crippen LogP contribution in [0.2, 0.25) is 0 Å². The first-order valence-corrected chi connectivity index (χ1v) is 10.3. The number of aryl methyl sites for hydroxylation is 1. The van der Waals surface area contributed by atoms with Gasteiger partial charge in [-0.15, -0.1) is 11.3 Å². The Labute approximate surface area is 166 Å². The maximum atomic E-state index is 12.0. The van der Waals surface area contributed by atoms with E-state index < -0.39 is 0 Å². The van der Waals surface area contributed by atoms with Crippen LogP contribution in [-0.4, -0.2) is 54.6 Å². The highest BCUT2D eigenvalue weighted by Crippen LogP contribution is 2.20. The number of carbonyl (C=O) groups excluding carboxylic acids is 1. The monoisotopic (exact) mass is 434 g/mol. The molecule has 2 heterocycles. The minimum absolute atomic E-state index is 0.0659. The molecule has 3 rings (SSSR count). The zero-order valence-electron chi connectivity index (χ0n) is 14.8. The number of hydrazone groups is 1. The Bertz CT molecular complexity index is 751. The third-order valence-electron chi connectivity index (χ3n) is 4.33. The Balaban J connectivity index is 1.37.